The molecular weight excluding hydrogens is 309 g/mol. The molecule has 1 amide bonds. The molecule has 0 aliphatic heterocycles. The number of hydrogen-bond donors (Lipinski definition) is 1. The average molecular weight is 325 g/mol. The molecule has 1 N–H and O–H groups in total. The van der Waals surface area contributed by atoms with Crippen LogP contribution in [0.15, 0.2) is 52.9 Å². The Labute approximate surface area is 138 Å². The molecule has 3 rings (SSSR count). The second-order valence-electron chi connectivity index (χ2n) is 5.40. The largest absolute Gasteiger partial charge is 0.421 e. The molecule has 0 aliphatic carbocycles. The minimum atomic E-state index is -0.426. The van der Waals surface area contributed by atoms with Crippen LogP contribution in [0.25, 0.3) is 11.5 Å². The molecule has 3 aromatic rings. The van der Waals surface area contributed by atoms with Gasteiger partial charge in [0.25, 0.3) is 5.89 Å². The van der Waals surface area contributed by atoms with E-state index in [1.807, 2.05) is 31.2 Å². The van der Waals surface area contributed by atoms with Crippen molar-refractivity contribution in [3.05, 3.63) is 65.8 Å². The maximum atomic E-state index is 13.7. The van der Waals surface area contributed by atoms with Crippen LogP contribution < -0.4 is 5.32 Å². The van der Waals surface area contributed by atoms with E-state index in [2.05, 4.69) is 15.5 Å². The monoisotopic (exact) mass is 325 g/mol. The highest BCUT2D eigenvalue weighted by Gasteiger charge is 2.13. The molecule has 0 aliphatic rings. The zero-order chi connectivity index (χ0) is 16.9. The van der Waals surface area contributed by atoms with Gasteiger partial charge < -0.3 is 9.73 Å². The molecule has 122 valence electrons. The summed E-state index contributed by atoms with van der Waals surface area (Å²) in [4.78, 5) is 11.9. The summed E-state index contributed by atoms with van der Waals surface area (Å²) in [6, 6.07) is 13.7. The molecule has 24 heavy (non-hydrogen) atoms. The first kappa shape index (κ1) is 15.9. The number of aryl methyl sites for hydroxylation is 2. The van der Waals surface area contributed by atoms with Crippen molar-refractivity contribution in [2.75, 3.05) is 5.32 Å². The number of nitrogens with zero attached hydrogens (tertiary/aromatic N) is 2. The summed E-state index contributed by atoms with van der Waals surface area (Å²) in [7, 11) is 0. The lowest BCUT2D eigenvalue weighted by molar-refractivity contribution is -0.116. The second-order valence-corrected chi connectivity index (χ2v) is 5.40. The molecule has 0 saturated heterocycles. The van der Waals surface area contributed by atoms with Gasteiger partial charge in [-0.05, 0) is 31.2 Å². The molecule has 0 saturated carbocycles. The Kier molecular flexibility index (Phi) is 4.65. The van der Waals surface area contributed by atoms with Gasteiger partial charge in [-0.25, -0.2) is 4.39 Å². The van der Waals surface area contributed by atoms with Gasteiger partial charge in [-0.3, -0.25) is 4.79 Å². The summed E-state index contributed by atoms with van der Waals surface area (Å²) in [5, 5.41) is 10.5. The Morgan fingerprint density at radius 3 is 2.62 bits per heavy atom. The van der Waals surface area contributed by atoms with Gasteiger partial charge in [0.05, 0.1) is 5.56 Å². The topological polar surface area (TPSA) is 68.0 Å². The maximum Gasteiger partial charge on any atom is 0.250 e. The van der Waals surface area contributed by atoms with E-state index < -0.39 is 5.82 Å². The molecule has 0 atom stereocenters. The van der Waals surface area contributed by atoms with Crippen LogP contribution in [0.5, 0.6) is 0 Å². The number of carbonyl (C=O) groups is 1. The van der Waals surface area contributed by atoms with E-state index in [1.165, 1.54) is 6.07 Å². The van der Waals surface area contributed by atoms with E-state index in [0.29, 0.717) is 12.3 Å². The van der Waals surface area contributed by atoms with Crippen molar-refractivity contribution < 1.29 is 13.6 Å². The Bertz CT molecular complexity index is 843. The molecule has 1 aromatic heterocycles. The van der Waals surface area contributed by atoms with Gasteiger partial charge in [-0.2, -0.15) is 0 Å². The number of halogens is 1. The van der Waals surface area contributed by atoms with Crippen LogP contribution in [0.4, 0.5) is 10.1 Å². The van der Waals surface area contributed by atoms with E-state index >= 15 is 0 Å². The number of nitrogens with one attached hydrogen (secondary N) is 1. The Morgan fingerprint density at radius 2 is 1.88 bits per heavy atom. The first-order valence-corrected chi connectivity index (χ1v) is 7.55. The van der Waals surface area contributed by atoms with E-state index in [0.717, 1.165) is 11.3 Å². The predicted octanol–water partition coefficient (Wildman–Crippen LogP) is 3.76. The minimum absolute atomic E-state index is 0.113. The molecule has 1 heterocycles. The van der Waals surface area contributed by atoms with E-state index in [9.17, 15) is 9.18 Å². The van der Waals surface area contributed by atoms with Crippen LogP contribution in [0.2, 0.25) is 0 Å². The number of hydrogen-bond acceptors (Lipinski definition) is 4. The van der Waals surface area contributed by atoms with E-state index in [1.54, 1.807) is 18.2 Å². The molecule has 0 radical (unpaired) electrons. The van der Waals surface area contributed by atoms with Gasteiger partial charge in [0.1, 0.15) is 5.82 Å². The Balaban J connectivity index is 1.58. The van der Waals surface area contributed by atoms with Crippen LogP contribution >= 0.6 is 0 Å². The Morgan fingerprint density at radius 1 is 1.12 bits per heavy atom. The number of carbonyl (C=O) groups excluding carboxylic acids is 1. The first-order valence-electron chi connectivity index (χ1n) is 7.55. The van der Waals surface area contributed by atoms with Crippen LogP contribution in [-0.4, -0.2) is 16.1 Å². The highest BCUT2D eigenvalue weighted by molar-refractivity contribution is 5.90. The fourth-order valence-corrected chi connectivity index (χ4v) is 2.18. The van der Waals surface area contributed by atoms with Gasteiger partial charge >= 0.3 is 0 Å². The maximum absolute atomic E-state index is 13.7. The van der Waals surface area contributed by atoms with Crippen LogP contribution in [-0.2, 0) is 11.2 Å². The minimum Gasteiger partial charge on any atom is -0.421 e. The Hall–Kier alpha value is -3.02. The van der Waals surface area contributed by atoms with Gasteiger partial charge in [0.2, 0.25) is 11.8 Å². The average Bonchev–Trinajstić information content (AvgIpc) is 3.04. The fourth-order valence-electron chi connectivity index (χ4n) is 2.18. The molecule has 0 unspecified atom stereocenters. The summed E-state index contributed by atoms with van der Waals surface area (Å²) >= 11 is 0. The summed E-state index contributed by atoms with van der Waals surface area (Å²) in [6.07, 6.45) is 0.492. The number of anilines is 1. The van der Waals surface area contributed by atoms with Crippen molar-refractivity contribution in [2.45, 2.75) is 19.8 Å². The van der Waals surface area contributed by atoms with Crippen molar-refractivity contribution in [1.29, 1.82) is 0 Å². The quantitative estimate of drug-likeness (QED) is 0.775. The summed E-state index contributed by atoms with van der Waals surface area (Å²) in [6.45, 7) is 1.98. The third-order valence-electron chi connectivity index (χ3n) is 3.47. The molecule has 0 spiro atoms. The fraction of sp³-hybridized carbons (Fsp3) is 0.167. The second kappa shape index (κ2) is 7.04. The number of aromatic nitrogens is 2. The number of benzene rings is 2. The standard InChI is InChI=1S/C18H16FN3O2/c1-12-6-8-13(9-7-12)20-16(23)10-11-17-21-22-18(24-17)14-4-2-3-5-15(14)19/h2-9H,10-11H2,1H3,(H,20,23). The van der Waals surface area contributed by atoms with E-state index in [4.69, 9.17) is 4.42 Å². The summed E-state index contributed by atoms with van der Waals surface area (Å²) < 4.78 is 19.1. The van der Waals surface area contributed by atoms with Crippen molar-refractivity contribution in [2.24, 2.45) is 0 Å². The molecule has 0 bridgehead atoms. The molecular formula is C18H16FN3O2. The normalized spacial score (nSPS) is 10.6. The van der Waals surface area contributed by atoms with Crippen molar-refractivity contribution in [1.82, 2.24) is 10.2 Å². The number of rotatable bonds is 5. The third-order valence-corrected chi connectivity index (χ3v) is 3.47. The molecule has 2 aromatic carbocycles. The van der Waals surface area contributed by atoms with Gasteiger partial charge in [-0.15, -0.1) is 10.2 Å². The first-order chi connectivity index (χ1) is 11.6. The lowest BCUT2D eigenvalue weighted by Crippen LogP contribution is -2.12. The zero-order valence-corrected chi connectivity index (χ0v) is 13.1. The van der Waals surface area contributed by atoms with Crippen molar-refractivity contribution in [3.8, 4) is 11.5 Å². The highest BCUT2D eigenvalue weighted by atomic mass is 19.1. The molecule has 0 fully saturated rings. The highest BCUT2D eigenvalue weighted by Crippen LogP contribution is 2.21. The van der Waals surface area contributed by atoms with Crippen LogP contribution in [0.1, 0.15) is 17.9 Å². The van der Waals surface area contributed by atoms with Gasteiger partial charge in [-0.1, -0.05) is 29.8 Å². The number of amides is 1. The lowest BCUT2D eigenvalue weighted by atomic mass is 10.2. The smallest absolute Gasteiger partial charge is 0.250 e. The zero-order valence-electron chi connectivity index (χ0n) is 13.1. The predicted molar refractivity (Wildman–Crippen MR) is 87.8 cm³/mol. The molecule has 5 nitrogen and oxygen atoms in total. The van der Waals surface area contributed by atoms with E-state index in [-0.39, 0.29) is 23.8 Å². The molecule has 6 heteroatoms. The third kappa shape index (κ3) is 3.84. The van der Waals surface area contributed by atoms with Crippen LogP contribution in [0.3, 0.4) is 0 Å². The van der Waals surface area contributed by atoms with Crippen molar-refractivity contribution in [3.63, 3.8) is 0 Å². The van der Waals surface area contributed by atoms with Gasteiger partial charge in [0.15, 0.2) is 0 Å². The summed E-state index contributed by atoms with van der Waals surface area (Å²) in [5.74, 6) is -0.163. The van der Waals surface area contributed by atoms with Crippen molar-refractivity contribution >= 4 is 11.6 Å². The van der Waals surface area contributed by atoms with Crippen LogP contribution in [0, 0.1) is 12.7 Å². The lowest BCUT2D eigenvalue weighted by Gasteiger charge is -2.04. The van der Waals surface area contributed by atoms with Gasteiger partial charge in [0, 0.05) is 18.5 Å². The summed E-state index contributed by atoms with van der Waals surface area (Å²) in [5.41, 5.74) is 2.11. The SMILES string of the molecule is Cc1ccc(NC(=O)CCc2nnc(-c3ccccc3F)o2)cc1.